The fourth-order valence-corrected chi connectivity index (χ4v) is 3.33. The normalized spacial score (nSPS) is 35.9. The minimum absolute atomic E-state index is 0.184. The first-order valence-electron chi connectivity index (χ1n) is 6.02. The van der Waals surface area contributed by atoms with E-state index in [0.717, 1.165) is 19.3 Å². The van der Waals surface area contributed by atoms with Crippen LogP contribution in [-0.2, 0) is 9.59 Å². The van der Waals surface area contributed by atoms with Crippen LogP contribution >= 0.6 is 0 Å². The van der Waals surface area contributed by atoms with Gasteiger partial charge in [-0.15, -0.1) is 0 Å². The third-order valence-corrected chi connectivity index (χ3v) is 3.94. The molecule has 2 fully saturated rings. The molecule has 0 amide bonds. The van der Waals surface area contributed by atoms with E-state index in [1.165, 1.54) is 0 Å². The molecule has 0 spiro atoms. The van der Waals surface area contributed by atoms with Gasteiger partial charge in [0.15, 0.2) is 0 Å². The molecule has 2 saturated carbocycles. The molecule has 2 heteroatoms. The molecule has 0 unspecified atom stereocenters. The van der Waals surface area contributed by atoms with E-state index in [9.17, 15) is 9.59 Å². The Bertz CT molecular complexity index is 291. The number of Topliss-reactive ketones (excluding diaryl/α,β-unsaturated/α-hetero) is 2. The Balaban J connectivity index is 2.16. The Labute approximate surface area is 91.4 Å². The molecule has 84 valence electrons. The van der Waals surface area contributed by atoms with Gasteiger partial charge in [0.1, 0.15) is 11.6 Å². The van der Waals surface area contributed by atoms with Crippen molar-refractivity contribution >= 4 is 11.6 Å². The Morgan fingerprint density at radius 1 is 1.13 bits per heavy atom. The molecule has 0 aromatic rings. The van der Waals surface area contributed by atoms with Crippen molar-refractivity contribution in [1.29, 1.82) is 0 Å². The standard InChI is InChI=1S/C13H20O2/c1-13(2)7-9-6-10(14)4-3-5-12(15)11(9)8-13/h9,11H,3-8H2,1-2H3/t9-,11-/m0/s1. The number of rotatable bonds is 0. The lowest BCUT2D eigenvalue weighted by molar-refractivity contribution is -0.127. The van der Waals surface area contributed by atoms with Crippen molar-refractivity contribution in [3.63, 3.8) is 0 Å². The average molecular weight is 208 g/mol. The number of ketones is 2. The molecule has 0 N–H and O–H groups in total. The largest absolute Gasteiger partial charge is 0.300 e. The van der Waals surface area contributed by atoms with Crippen LogP contribution in [0, 0.1) is 17.3 Å². The summed E-state index contributed by atoms with van der Waals surface area (Å²) >= 11 is 0. The summed E-state index contributed by atoms with van der Waals surface area (Å²) in [5.74, 6) is 1.32. The van der Waals surface area contributed by atoms with Crippen LogP contribution in [0.3, 0.4) is 0 Å². The van der Waals surface area contributed by atoms with E-state index in [-0.39, 0.29) is 11.3 Å². The molecule has 0 bridgehead atoms. The van der Waals surface area contributed by atoms with Gasteiger partial charge in [-0.05, 0) is 30.6 Å². The second-order valence-corrected chi connectivity index (χ2v) is 6.00. The number of hydrogen-bond donors (Lipinski definition) is 0. The summed E-state index contributed by atoms with van der Waals surface area (Å²) in [7, 11) is 0. The molecule has 0 aliphatic heterocycles. The predicted molar refractivity (Wildman–Crippen MR) is 58.5 cm³/mol. The molecule has 2 rings (SSSR count). The molecule has 0 aromatic heterocycles. The fourth-order valence-electron chi connectivity index (χ4n) is 3.33. The van der Waals surface area contributed by atoms with Crippen LogP contribution in [0.1, 0.15) is 52.4 Å². The van der Waals surface area contributed by atoms with E-state index in [4.69, 9.17) is 0 Å². The molecule has 2 aliphatic carbocycles. The maximum Gasteiger partial charge on any atom is 0.136 e. The van der Waals surface area contributed by atoms with Crippen LogP contribution in [0.25, 0.3) is 0 Å². The number of hydrogen-bond acceptors (Lipinski definition) is 2. The Morgan fingerprint density at radius 3 is 2.60 bits per heavy atom. The van der Waals surface area contributed by atoms with E-state index in [0.29, 0.717) is 36.7 Å². The van der Waals surface area contributed by atoms with Crippen molar-refractivity contribution in [3.8, 4) is 0 Å². The lowest BCUT2D eigenvalue weighted by Crippen LogP contribution is -2.24. The van der Waals surface area contributed by atoms with Gasteiger partial charge in [0.25, 0.3) is 0 Å². The second-order valence-electron chi connectivity index (χ2n) is 6.00. The van der Waals surface area contributed by atoms with Crippen LogP contribution in [0.15, 0.2) is 0 Å². The third-order valence-electron chi connectivity index (χ3n) is 3.94. The van der Waals surface area contributed by atoms with Gasteiger partial charge in [0.2, 0.25) is 0 Å². The lowest BCUT2D eigenvalue weighted by Gasteiger charge is -2.20. The summed E-state index contributed by atoms with van der Waals surface area (Å²) in [6.45, 7) is 4.44. The summed E-state index contributed by atoms with van der Waals surface area (Å²) in [6, 6.07) is 0. The zero-order chi connectivity index (χ0) is 11.1. The first-order chi connectivity index (χ1) is 6.98. The quantitative estimate of drug-likeness (QED) is 0.613. The second kappa shape index (κ2) is 3.73. The SMILES string of the molecule is CC1(C)C[C@@H]2CC(=O)CCCC(=O)[C@H]2C1. The molecule has 2 atom stereocenters. The van der Waals surface area contributed by atoms with Gasteiger partial charge in [-0.2, -0.15) is 0 Å². The molecule has 0 heterocycles. The fraction of sp³-hybridized carbons (Fsp3) is 0.846. The third kappa shape index (κ3) is 2.30. The molecular weight excluding hydrogens is 188 g/mol. The predicted octanol–water partition coefficient (Wildman–Crippen LogP) is 2.75. The van der Waals surface area contributed by atoms with Crippen molar-refractivity contribution in [2.45, 2.75) is 52.4 Å². The zero-order valence-electron chi connectivity index (χ0n) is 9.71. The summed E-state index contributed by atoms with van der Waals surface area (Å²) in [4.78, 5) is 23.5. The van der Waals surface area contributed by atoms with E-state index < -0.39 is 0 Å². The smallest absolute Gasteiger partial charge is 0.136 e. The van der Waals surface area contributed by atoms with Crippen LogP contribution < -0.4 is 0 Å². The summed E-state index contributed by atoms with van der Waals surface area (Å²) in [5.41, 5.74) is 0.260. The highest BCUT2D eigenvalue weighted by Gasteiger charge is 2.43. The minimum atomic E-state index is 0.184. The highest BCUT2D eigenvalue weighted by Crippen LogP contribution is 2.48. The lowest BCUT2D eigenvalue weighted by atomic mass is 9.83. The van der Waals surface area contributed by atoms with Gasteiger partial charge in [-0.25, -0.2) is 0 Å². The summed E-state index contributed by atoms with van der Waals surface area (Å²) < 4.78 is 0. The van der Waals surface area contributed by atoms with Crippen molar-refractivity contribution in [3.05, 3.63) is 0 Å². The Morgan fingerprint density at radius 2 is 1.87 bits per heavy atom. The first kappa shape index (κ1) is 10.8. The monoisotopic (exact) mass is 208 g/mol. The van der Waals surface area contributed by atoms with E-state index in [1.54, 1.807) is 0 Å². The number of fused-ring (bicyclic) bond motifs is 1. The molecule has 2 nitrogen and oxygen atoms in total. The minimum Gasteiger partial charge on any atom is -0.300 e. The van der Waals surface area contributed by atoms with Crippen LogP contribution in [-0.4, -0.2) is 11.6 Å². The maximum atomic E-state index is 11.9. The Hall–Kier alpha value is -0.660. The van der Waals surface area contributed by atoms with E-state index in [2.05, 4.69) is 13.8 Å². The van der Waals surface area contributed by atoms with E-state index >= 15 is 0 Å². The number of carbonyl (C=O) groups is 2. The highest BCUT2D eigenvalue weighted by atomic mass is 16.1. The van der Waals surface area contributed by atoms with Crippen molar-refractivity contribution in [2.75, 3.05) is 0 Å². The van der Waals surface area contributed by atoms with Crippen LogP contribution in [0.5, 0.6) is 0 Å². The van der Waals surface area contributed by atoms with Crippen molar-refractivity contribution < 1.29 is 9.59 Å². The molecule has 15 heavy (non-hydrogen) atoms. The molecule has 2 aliphatic rings. The van der Waals surface area contributed by atoms with Crippen LogP contribution in [0.2, 0.25) is 0 Å². The van der Waals surface area contributed by atoms with Crippen molar-refractivity contribution in [1.82, 2.24) is 0 Å². The Kier molecular flexibility index (Phi) is 2.70. The molecule has 0 radical (unpaired) electrons. The summed E-state index contributed by atoms with van der Waals surface area (Å²) in [6.07, 6.45) is 4.72. The van der Waals surface area contributed by atoms with E-state index in [1.807, 2.05) is 0 Å². The topological polar surface area (TPSA) is 34.1 Å². The van der Waals surface area contributed by atoms with Gasteiger partial charge in [-0.3, -0.25) is 9.59 Å². The molecule has 0 aromatic carbocycles. The molecule has 0 saturated heterocycles. The van der Waals surface area contributed by atoms with Gasteiger partial charge >= 0.3 is 0 Å². The first-order valence-corrected chi connectivity index (χ1v) is 6.02. The maximum absolute atomic E-state index is 11.9. The average Bonchev–Trinajstić information content (AvgIpc) is 2.39. The highest BCUT2D eigenvalue weighted by molar-refractivity contribution is 5.86. The van der Waals surface area contributed by atoms with Gasteiger partial charge in [0, 0.05) is 25.2 Å². The van der Waals surface area contributed by atoms with Crippen LogP contribution in [0.4, 0.5) is 0 Å². The van der Waals surface area contributed by atoms with Gasteiger partial charge in [-0.1, -0.05) is 13.8 Å². The number of carbonyl (C=O) groups excluding carboxylic acids is 2. The zero-order valence-corrected chi connectivity index (χ0v) is 9.71. The van der Waals surface area contributed by atoms with Gasteiger partial charge < -0.3 is 0 Å². The van der Waals surface area contributed by atoms with Crippen molar-refractivity contribution in [2.24, 2.45) is 17.3 Å². The summed E-state index contributed by atoms with van der Waals surface area (Å²) in [5, 5.41) is 0. The molecular formula is C13H20O2. The van der Waals surface area contributed by atoms with Gasteiger partial charge in [0.05, 0.1) is 0 Å².